The van der Waals surface area contributed by atoms with Crippen molar-refractivity contribution in [2.45, 2.75) is 13.8 Å². The van der Waals surface area contributed by atoms with Gasteiger partial charge < -0.3 is 10.1 Å². The van der Waals surface area contributed by atoms with Gasteiger partial charge in [-0.2, -0.15) is 0 Å². The van der Waals surface area contributed by atoms with Gasteiger partial charge in [-0.05, 0) is 54.6 Å². The lowest BCUT2D eigenvalue weighted by Crippen LogP contribution is -2.29. The van der Waals surface area contributed by atoms with Gasteiger partial charge in [0, 0.05) is 22.5 Å². The average molecular weight is 350 g/mol. The van der Waals surface area contributed by atoms with E-state index in [2.05, 4.69) is 84.6 Å². The Morgan fingerprint density at radius 3 is 2.56 bits per heavy atom. The molecule has 3 heterocycles. The van der Waals surface area contributed by atoms with Gasteiger partial charge in [0.05, 0.1) is 27.3 Å². The summed E-state index contributed by atoms with van der Waals surface area (Å²) in [5, 5.41) is 6.41. The molecule has 0 spiro atoms. The quantitative estimate of drug-likeness (QED) is 0.178. The number of aryl methyl sites for hydroxylation is 3. The van der Waals surface area contributed by atoms with Crippen molar-refractivity contribution in [3.05, 3.63) is 65.9 Å². The fraction of sp³-hybridized carbons (Fsp3) is 0.125. The van der Waals surface area contributed by atoms with Crippen LogP contribution < -0.4 is 10.3 Å². The van der Waals surface area contributed by atoms with E-state index in [1.165, 1.54) is 60.1 Å². The highest BCUT2D eigenvalue weighted by Crippen LogP contribution is 2.41. The monoisotopic (exact) mass is 350 g/mol. The first-order valence-corrected chi connectivity index (χ1v) is 9.32. The van der Waals surface area contributed by atoms with E-state index in [-0.39, 0.29) is 0 Å². The number of anilines is 1. The Balaban J connectivity index is 2.17. The predicted octanol–water partition coefficient (Wildman–Crippen LogP) is 5.01. The van der Waals surface area contributed by atoms with Crippen molar-refractivity contribution < 1.29 is 4.57 Å². The third-order valence-electron chi connectivity index (χ3n) is 6.19. The van der Waals surface area contributed by atoms with Crippen molar-refractivity contribution in [3.63, 3.8) is 0 Å². The highest BCUT2D eigenvalue weighted by atomic mass is 15.0. The Bertz CT molecular complexity index is 1550. The Morgan fingerprint density at radius 1 is 0.889 bits per heavy atom. The van der Waals surface area contributed by atoms with Crippen LogP contribution in [0.4, 0.5) is 5.69 Å². The summed E-state index contributed by atoms with van der Waals surface area (Å²) in [4.78, 5) is 0. The van der Waals surface area contributed by atoms with Gasteiger partial charge in [0.15, 0.2) is 6.20 Å². The molecule has 0 bridgehead atoms. The van der Waals surface area contributed by atoms with Gasteiger partial charge in [0.2, 0.25) is 5.52 Å². The Morgan fingerprint density at radius 2 is 1.70 bits per heavy atom. The maximum atomic E-state index is 6.31. The molecule has 0 fully saturated rings. The number of para-hydroxylation sites is 1. The van der Waals surface area contributed by atoms with Gasteiger partial charge in [-0.25, -0.2) is 4.57 Å². The van der Waals surface area contributed by atoms with E-state index in [0.717, 1.165) is 5.69 Å². The van der Waals surface area contributed by atoms with Crippen molar-refractivity contribution in [1.29, 1.82) is 0 Å². The second-order valence-electron chi connectivity index (χ2n) is 7.72. The van der Waals surface area contributed by atoms with Crippen LogP contribution in [-0.2, 0) is 7.05 Å². The van der Waals surface area contributed by atoms with Gasteiger partial charge in [0.25, 0.3) is 0 Å². The fourth-order valence-corrected chi connectivity index (χ4v) is 4.88. The van der Waals surface area contributed by atoms with Crippen LogP contribution in [0.25, 0.3) is 49.0 Å². The van der Waals surface area contributed by atoms with Gasteiger partial charge in [-0.1, -0.05) is 18.2 Å². The van der Waals surface area contributed by atoms with Crippen molar-refractivity contribution in [1.82, 2.24) is 4.40 Å². The Kier molecular flexibility index (Phi) is 2.57. The zero-order valence-electron chi connectivity index (χ0n) is 15.7. The first-order valence-electron chi connectivity index (χ1n) is 9.32. The molecular formula is C24H20N3+. The number of benzene rings is 3. The summed E-state index contributed by atoms with van der Waals surface area (Å²) in [6.07, 6.45) is 2.15. The molecule has 0 saturated carbocycles. The Hall–Kier alpha value is -3.33. The molecule has 2 N–H and O–H groups in total. The number of hydrogen-bond donors (Lipinski definition) is 1. The van der Waals surface area contributed by atoms with E-state index < -0.39 is 0 Å². The second-order valence-corrected chi connectivity index (χ2v) is 7.72. The first-order chi connectivity index (χ1) is 13.1. The van der Waals surface area contributed by atoms with Crippen LogP contribution >= 0.6 is 0 Å². The molecule has 3 aromatic carbocycles. The molecule has 0 radical (unpaired) electrons. The van der Waals surface area contributed by atoms with E-state index in [1.807, 2.05) is 0 Å². The lowest BCUT2D eigenvalue weighted by molar-refractivity contribution is -0.643. The molecule has 0 unspecified atom stereocenters. The van der Waals surface area contributed by atoms with Crippen LogP contribution in [0.2, 0.25) is 0 Å². The number of fused-ring (bicyclic) bond motifs is 5. The fourth-order valence-electron chi connectivity index (χ4n) is 4.88. The number of nitrogens with two attached hydrogens (primary N) is 1. The minimum absolute atomic E-state index is 0.801. The molecule has 0 aliphatic rings. The summed E-state index contributed by atoms with van der Waals surface area (Å²) in [5.74, 6) is 0. The average Bonchev–Trinajstić information content (AvgIpc) is 2.98. The molecule has 0 aliphatic heterocycles. The SMILES string of the molecule is Cc1cc2c3ccccc3n3c4cc(N)cc5cc[n+](C)c(c(c1C)c23)c54. The maximum Gasteiger partial charge on any atom is 0.224 e. The van der Waals surface area contributed by atoms with Crippen LogP contribution in [0.5, 0.6) is 0 Å². The maximum absolute atomic E-state index is 6.31. The third-order valence-corrected chi connectivity index (χ3v) is 6.19. The van der Waals surface area contributed by atoms with Crippen molar-refractivity contribution in [2.24, 2.45) is 7.05 Å². The van der Waals surface area contributed by atoms with Crippen molar-refractivity contribution in [3.8, 4) is 0 Å². The number of hydrogen-bond acceptors (Lipinski definition) is 1. The molecule has 6 rings (SSSR count). The van der Waals surface area contributed by atoms with Gasteiger partial charge in [0.1, 0.15) is 7.05 Å². The van der Waals surface area contributed by atoms with Crippen LogP contribution in [0, 0.1) is 13.8 Å². The van der Waals surface area contributed by atoms with E-state index >= 15 is 0 Å². The predicted molar refractivity (Wildman–Crippen MR) is 114 cm³/mol. The third kappa shape index (κ3) is 1.65. The zero-order chi connectivity index (χ0) is 18.4. The summed E-state index contributed by atoms with van der Waals surface area (Å²) < 4.78 is 4.67. The van der Waals surface area contributed by atoms with Gasteiger partial charge >= 0.3 is 0 Å². The second kappa shape index (κ2) is 4.68. The highest BCUT2D eigenvalue weighted by Gasteiger charge is 2.24. The van der Waals surface area contributed by atoms with Gasteiger partial charge in [-0.15, -0.1) is 0 Å². The molecule has 0 amide bonds. The minimum atomic E-state index is 0.801. The summed E-state index contributed by atoms with van der Waals surface area (Å²) in [6.45, 7) is 4.46. The summed E-state index contributed by atoms with van der Waals surface area (Å²) in [6, 6.07) is 17.4. The normalized spacial score (nSPS) is 12.4. The number of nitrogens with zero attached hydrogens (tertiary/aromatic N) is 2. The number of aromatic nitrogens is 2. The van der Waals surface area contributed by atoms with Crippen molar-refractivity contribution >= 4 is 54.7 Å². The smallest absolute Gasteiger partial charge is 0.224 e. The Labute approximate surface area is 156 Å². The zero-order valence-corrected chi connectivity index (χ0v) is 15.7. The van der Waals surface area contributed by atoms with Gasteiger partial charge in [-0.3, -0.25) is 0 Å². The largest absolute Gasteiger partial charge is 0.399 e. The molecule has 3 aromatic heterocycles. The minimum Gasteiger partial charge on any atom is -0.399 e. The molecule has 3 nitrogen and oxygen atoms in total. The van der Waals surface area contributed by atoms with Crippen LogP contribution in [0.1, 0.15) is 11.1 Å². The molecule has 6 aromatic rings. The summed E-state index contributed by atoms with van der Waals surface area (Å²) in [7, 11) is 2.14. The number of nitrogen functional groups attached to an aromatic ring is 1. The van der Waals surface area contributed by atoms with Crippen LogP contribution in [0.15, 0.2) is 54.7 Å². The van der Waals surface area contributed by atoms with E-state index in [4.69, 9.17) is 5.73 Å². The molecule has 27 heavy (non-hydrogen) atoms. The van der Waals surface area contributed by atoms with E-state index in [1.54, 1.807) is 0 Å². The lowest BCUT2D eigenvalue weighted by Gasteiger charge is -2.14. The molecule has 130 valence electrons. The topological polar surface area (TPSA) is 34.3 Å². The summed E-state index contributed by atoms with van der Waals surface area (Å²) >= 11 is 0. The molecule has 0 aliphatic carbocycles. The van der Waals surface area contributed by atoms with E-state index in [0.29, 0.717) is 0 Å². The molecule has 0 atom stereocenters. The van der Waals surface area contributed by atoms with Crippen LogP contribution in [-0.4, -0.2) is 4.40 Å². The molecular weight excluding hydrogens is 330 g/mol. The number of rotatable bonds is 0. The van der Waals surface area contributed by atoms with Crippen LogP contribution in [0.3, 0.4) is 0 Å². The summed E-state index contributed by atoms with van der Waals surface area (Å²) in [5.41, 5.74) is 14.8. The standard InChI is InChI=1S/C24H19N3/c1-13-10-18-17-6-4-5-7-19(17)27-20-12-16(25)11-15-8-9-26(3)24(22(15)20)21(14(13)2)23(18)27/h4-12,25H,1-3H3/p+1. The van der Waals surface area contributed by atoms with Crippen molar-refractivity contribution in [2.75, 3.05) is 5.73 Å². The van der Waals surface area contributed by atoms with E-state index in [9.17, 15) is 0 Å². The molecule has 0 saturated heterocycles. The highest BCUT2D eigenvalue weighted by molar-refractivity contribution is 6.26. The lowest BCUT2D eigenvalue weighted by atomic mass is 9.96. The number of pyridine rings is 2. The first kappa shape index (κ1) is 14.8. The molecule has 3 heteroatoms.